The molecule has 1 saturated heterocycles. The second kappa shape index (κ2) is 7.56. The average Bonchev–Trinajstić information content (AvgIpc) is 2.58. The fraction of sp³-hybridized carbons (Fsp3) is 0.667. The number of nitrogens with zero attached hydrogens (tertiary/aromatic N) is 3. The molecule has 0 unspecified atom stereocenters. The van der Waals surface area contributed by atoms with Crippen LogP contribution < -0.4 is 5.32 Å². The molecular weight excluding hydrogens is 304 g/mol. The summed E-state index contributed by atoms with van der Waals surface area (Å²) in [4.78, 5) is 11.5. The third kappa shape index (κ3) is 4.00. The van der Waals surface area contributed by atoms with Crippen molar-refractivity contribution in [3.63, 3.8) is 0 Å². The van der Waals surface area contributed by atoms with Gasteiger partial charge in [0.1, 0.15) is 0 Å². The lowest BCUT2D eigenvalue weighted by molar-refractivity contribution is 0.293. The van der Waals surface area contributed by atoms with Crippen LogP contribution >= 0.6 is 11.8 Å². The van der Waals surface area contributed by atoms with Gasteiger partial charge in [0.25, 0.3) is 0 Å². The molecule has 1 saturated carbocycles. The first kappa shape index (κ1) is 16.6. The van der Waals surface area contributed by atoms with Crippen LogP contribution in [0, 0.1) is 6.92 Å². The molecule has 23 heavy (non-hydrogen) atoms. The summed E-state index contributed by atoms with van der Waals surface area (Å²) in [6.07, 6.45) is 8.78. The number of aryl methyl sites for hydroxylation is 1. The quantitative estimate of drug-likeness (QED) is 0.667. The smallest absolute Gasteiger partial charge is 0.194 e. The highest BCUT2D eigenvalue weighted by Crippen LogP contribution is 2.42. The van der Waals surface area contributed by atoms with Crippen molar-refractivity contribution < 1.29 is 0 Å². The zero-order valence-corrected chi connectivity index (χ0v) is 15.2. The van der Waals surface area contributed by atoms with E-state index in [-0.39, 0.29) is 0 Å². The Balaban J connectivity index is 1.63. The summed E-state index contributed by atoms with van der Waals surface area (Å²) < 4.78 is 0.467. The maximum atomic E-state index is 4.53. The van der Waals surface area contributed by atoms with Crippen molar-refractivity contribution in [3.8, 4) is 0 Å². The maximum absolute atomic E-state index is 4.53. The van der Waals surface area contributed by atoms with Gasteiger partial charge in [-0.2, -0.15) is 11.8 Å². The summed E-state index contributed by atoms with van der Waals surface area (Å²) in [7, 11) is 1.89. The Kier molecular flexibility index (Phi) is 5.46. The number of rotatable bonds is 2. The Hall–Kier alpha value is -1.23. The Labute approximate surface area is 144 Å². The van der Waals surface area contributed by atoms with Gasteiger partial charge in [-0.25, -0.2) is 0 Å². The fourth-order valence-corrected chi connectivity index (χ4v) is 5.29. The van der Waals surface area contributed by atoms with Gasteiger partial charge in [0.15, 0.2) is 5.96 Å². The predicted molar refractivity (Wildman–Crippen MR) is 99.0 cm³/mol. The highest BCUT2D eigenvalue weighted by molar-refractivity contribution is 8.00. The van der Waals surface area contributed by atoms with Crippen LogP contribution in [0.15, 0.2) is 23.3 Å². The van der Waals surface area contributed by atoms with Crippen LogP contribution in [0.3, 0.4) is 0 Å². The molecule has 4 nitrogen and oxygen atoms in total. The van der Waals surface area contributed by atoms with E-state index in [4.69, 9.17) is 0 Å². The summed E-state index contributed by atoms with van der Waals surface area (Å²) >= 11 is 2.20. The van der Waals surface area contributed by atoms with Gasteiger partial charge in [0, 0.05) is 36.8 Å². The van der Waals surface area contributed by atoms with E-state index in [1.165, 1.54) is 43.4 Å². The highest BCUT2D eigenvalue weighted by Gasteiger charge is 2.38. The van der Waals surface area contributed by atoms with Crippen molar-refractivity contribution in [2.45, 2.75) is 50.3 Å². The average molecular weight is 333 g/mol. The van der Waals surface area contributed by atoms with E-state index in [0.717, 1.165) is 31.3 Å². The second-order valence-electron chi connectivity index (χ2n) is 6.68. The van der Waals surface area contributed by atoms with Gasteiger partial charge in [-0.15, -0.1) is 0 Å². The first-order chi connectivity index (χ1) is 11.2. The molecule has 0 amide bonds. The van der Waals surface area contributed by atoms with E-state index in [1.807, 2.05) is 19.3 Å². The van der Waals surface area contributed by atoms with E-state index >= 15 is 0 Å². The third-order valence-corrected chi connectivity index (χ3v) is 6.59. The second-order valence-corrected chi connectivity index (χ2v) is 8.24. The lowest BCUT2D eigenvalue weighted by Crippen LogP contribution is -2.53. The van der Waals surface area contributed by atoms with Crippen LogP contribution in [0.5, 0.6) is 0 Å². The summed E-state index contributed by atoms with van der Waals surface area (Å²) in [5.74, 6) is 2.24. The molecule has 5 heteroatoms. The van der Waals surface area contributed by atoms with Crippen molar-refractivity contribution in [2.75, 3.05) is 25.9 Å². The number of nitrogens with one attached hydrogen (secondary N) is 1. The molecule has 0 atom stereocenters. The van der Waals surface area contributed by atoms with Gasteiger partial charge in [-0.1, -0.05) is 25.3 Å². The molecule has 0 radical (unpaired) electrons. The molecule has 1 aliphatic heterocycles. The number of hydrogen-bond acceptors (Lipinski definition) is 3. The molecule has 0 bridgehead atoms. The summed E-state index contributed by atoms with van der Waals surface area (Å²) in [6.45, 7) is 5.09. The van der Waals surface area contributed by atoms with Crippen LogP contribution in [-0.2, 0) is 6.54 Å². The summed E-state index contributed by atoms with van der Waals surface area (Å²) in [5.41, 5.74) is 2.33. The Morgan fingerprint density at radius 2 is 2.22 bits per heavy atom. The molecule has 2 fully saturated rings. The Morgan fingerprint density at radius 3 is 2.96 bits per heavy atom. The molecule has 1 N–H and O–H groups in total. The van der Waals surface area contributed by atoms with Gasteiger partial charge in [-0.3, -0.25) is 9.98 Å². The summed E-state index contributed by atoms with van der Waals surface area (Å²) in [6, 6.07) is 4.10. The lowest BCUT2D eigenvalue weighted by atomic mass is 9.87. The van der Waals surface area contributed by atoms with Crippen LogP contribution in [0.25, 0.3) is 0 Å². The molecule has 1 aliphatic carbocycles. The summed E-state index contributed by atoms with van der Waals surface area (Å²) in [5, 5.41) is 3.52. The normalized spacial score (nSPS) is 21.5. The fourth-order valence-electron chi connectivity index (χ4n) is 3.72. The highest BCUT2D eigenvalue weighted by atomic mass is 32.2. The van der Waals surface area contributed by atoms with Crippen molar-refractivity contribution >= 4 is 17.7 Å². The standard InChI is InChI=1S/C18H28N4S/c1-15-7-6-10-20-16(15)13-21-17(19-2)22-11-12-23-18(14-22)8-4-3-5-9-18/h6-7,10H,3-5,8-9,11-14H2,1-2H3,(H,19,21). The molecule has 3 rings (SSSR count). The van der Waals surface area contributed by atoms with Crippen molar-refractivity contribution in [1.82, 2.24) is 15.2 Å². The monoisotopic (exact) mass is 332 g/mol. The molecule has 0 aromatic carbocycles. The van der Waals surface area contributed by atoms with Crippen LogP contribution in [0.4, 0.5) is 0 Å². The van der Waals surface area contributed by atoms with E-state index < -0.39 is 0 Å². The first-order valence-electron chi connectivity index (χ1n) is 8.72. The minimum atomic E-state index is 0.467. The molecule has 2 heterocycles. The molecule has 126 valence electrons. The Morgan fingerprint density at radius 1 is 1.39 bits per heavy atom. The first-order valence-corrected chi connectivity index (χ1v) is 9.71. The maximum Gasteiger partial charge on any atom is 0.194 e. The van der Waals surface area contributed by atoms with Crippen molar-refractivity contribution in [3.05, 3.63) is 29.6 Å². The molecule has 1 spiro atoms. The number of hydrogen-bond donors (Lipinski definition) is 1. The topological polar surface area (TPSA) is 40.5 Å². The number of aromatic nitrogens is 1. The van der Waals surface area contributed by atoms with Crippen molar-refractivity contribution in [1.29, 1.82) is 0 Å². The van der Waals surface area contributed by atoms with Gasteiger partial charge in [0.05, 0.1) is 12.2 Å². The minimum Gasteiger partial charge on any atom is -0.351 e. The zero-order valence-electron chi connectivity index (χ0n) is 14.3. The lowest BCUT2D eigenvalue weighted by Gasteiger charge is -2.45. The number of aliphatic imine (C=N–C) groups is 1. The SMILES string of the molecule is CN=C(NCc1ncccc1C)N1CCSC2(CCCCC2)C1. The van der Waals surface area contributed by atoms with Gasteiger partial charge >= 0.3 is 0 Å². The van der Waals surface area contributed by atoms with E-state index in [0.29, 0.717) is 4.75 Å². The van der Waals surface area contributed by atoms with Crippen molar-refractivity contribution in [2.24, 2.45) is 4.99 Å². The van der Waals surface area contributed by atoms with E-state index in [1.54, 1.807) is 0 Å². The van der Waals surface area contributed by atoms with Crippen LogP contribution in [0.2, 0.25) is 0 Å². The minimum absolute atomic E-state index is 0.467. The Bertz CT molecular complexity index is 546. The molecular formula is C18H28N4S. The van der Waals surface area contributed by atoms with Gasteiger partial charge in [-0.05, 0) is 31.4 Å². The van der Waals surface area contributed by atoms with E-state index in [2.05, 4.69) is 44.9 Å². The van der Waals surface area contributed by atoms with Gasteiger partial charge in [0.2, 0.25) is 0 Å². The van der Waals surface area contributed by atoms with Crippen LogP contribution in [0.1, 0.15) is 43.4 Å². The number of thioether (sulfide) groups is 1. The predicted octanol–water partition coefficient (Wildman–Crippen LogP) is 3.22. The van der Waals surface area contributed by atoms with Gasteiger partial charge < -0.3 is 10.2 Å². The number of pyridine rings is 1. The largest absolute Gasteiger partial charge is 0.351 e. The molecule has 2 aliphatic rings. The van der Waals surface area contributed by atoms with E-state index in [9.17, 15) is 0 Å². The zero-order chi connectivity index (χ0) is 16.1. The molecule has 1 aromatic rings. The van der Waals surface area contributed by atoms with Crippen LogP contribution in [-0.4, -0.2) is 46.5 Å². The number of guanidine groups is 1. The third-order valence-electron chi connectivity index (χ3n) is 5.06. The molecule has 1 aromatic heterocycles.